The van der Waals surface area contributed by atoms with Gasteiger partial charge in [0, 0.05) is 18.3 Å². The van der Waals surface area contributed by atoms with E-state index < -0.39 is 0 Å². The Labute approximate surface area is 71.8 Å². The molecule has 0 aromatic carbocycles. The van der Waals surface area contributed by atoms with Crippen molar-refractivity contribution in [3.05, 3.63) is 34.2 Å². The maximum Gasteiger partial charge on any atom is 0.250 e. The normalized spacial score (nSPS) is 21.9. The van der Waals surface area contributed by atoms with Crippen LogP contribution in [0.5, 0.6) is 0 Å². The molecule has 1 aromatic heterocycles. The summed E-state index contributed by atoms with van der Waals surface area (Å²) in [6.07, 6.45) is 2.35. The third-order valence-corrected chi connectivity index (χ3v) is 2.61. The van der Waals surface area contributed by atoms with Crippen LogP contribution in [0.1, 0.15) is 31.4 Å². The zero-order chi connectivity index (χ0) is 8.55. The molecule has 1 aromatic rings. The third kappa shape index (κ3) is 1.07. The fourth-order valence-electron chi connectivity index (χ4n) is 1.91. The van der Waals surface area contributed by atoms with Gasteiger partial charge in [0.15, 0.2) is 0 Å². The molecule has 1 aliphatic rings. The largest absolute Gasteiger partial charge is 0.312 e. The zero-order valence-electron chi connectivity index (χ0n) is 7.29. The molecular formula is C10H13NO. The van der Waals surface area contributed by atoms with Crippen LogP contribution in [0.2, 0.25) is 0 Å². The fourth-order valence-corrected chi connectivity index (χ4v) is 1.91. The topological polar surface area (TPSA) is 22.0 Å². The molecule has 1 aliphatic heterocycles. The second kappa shape index (κ2) is 2.77. The van der Waals surface area contributed by atoms with Crippen molar-refractivity contribution in [2.24, 2.45) is 0 Å². The molecule has 2 heteroatoms. The van der Waals surface area contributed by atoms with Gasteiger partial charge in [-0.25, -0.2) is 0 Å². The molecule has 0 spiro atoms. The summed E-state index contributed by atoms with van der Waals surface area (Å²) in [5, 5.41) is 0. The Morgan fingerprint density at radius 2 is 2.33 bits per heavy atom. The lowest BCUT2D eigenvalue weighted by Gasteiger charge is -2.23. The smallest absolute Gasteiger partial charge is 0.250 e. The van der Waals surface area contributed by atoms with Crippen molar-refractivity contribution in [2.75, 3.05) is 0 Å². The fraction of sp³-hybridized carbons (Fsp3) is 0.500. The zero-order valence-corrected chi connectivity index (χ0v) is 7.29. The minimum absolute atomic E-state index is 0.152. The highest BCUT2D eigenvalue weighted by atomic mass is 16.1. The first-order valence-electron chi connectivity index (χ1n) is 4.49. The third-order valence-electron chi connectivity index (χ3n) is 2.61. The number of rotatable bonds is 0. The number of hydrogen-bond acceptors (Lipinski definition) is 1. The first-order chi connectivity index (χ1) is 5.79. The van der Waals surface area contributed by atoms with E-state index in [9.17, 15) is 4.79 Å². The van der Waals surface area contributed by atoms with Crippen LogP contribution in [0, 0.1) is 0 Å². The molecule has 0 fully saturated rings. The lowest BCUT2D eigenvalue weighted by atomic mass is 9.97. The maximum atomic E-state index is 11.4. The van der Waals surface area contributed by atoms with Crippen LogP contribution in [0.25, 0.3) is 0 Å². The SMILES string of the molecule is CC1CCCn2c1cccc2=O. The summed E-state index contributed by atoms with van der Waals surface area (Å²) in [5.41, 5.74) is 1.35. The molecule has 1 atom stereocenters. The van der Waals surface area contributed by atoms with Crippen molar-refractivity contribution in [1.29, 1.82) is 0 Å². The van der Waals surface area contributed by atoms with E-state index in [4.69, 9.17) is 0 Å². The van der Waals surface area contributed by atoms with E-state index in [-0.39, 0.29) is 5.56 Å². The minimum Gasteiger partial charge on any atom is -0.312 e. The molecular weight excluding hydrogens is 150 g/mol. The van der Waals surface area contributed by atoms with Gasteiger partial charge in [0.1, 0.15) is 0 Å². The Balaban J connectivity index is 2.59. The van der Waals surface area contributed by atoms with Crippen LogP contribution in [-0.4, -0.2) is 4.57 Å². The summed E-state index contributed by atoms with van der Waals surface area (Å²) in [5.74, 6) is 0.549. The van der Waals surface area contributed by atoms with Crippen molar-refractivity contribution in [1.82, 2.24) is 4.57 Å². The minimum atomic E-state index is 0.152. The van der Waals surface area contributed by atoms with Crippen LogP contribution >= 0.6 is 0 Å². The van der Waals surface area contributed by atoms with Gasteiger partial charge in [-0.1, -0.05) is 13.0 Å². The van der Waals surface area contributed by atoms with E-state index in [1.54, 1.807) is 6.07 Å². The highest BCUT2D eigenvalue weighted by Crippen LogP contribution is 2.23. The van der Waals surface area contributed by atoms with Crippen molar-refractivity contribution in [3.8, 4) is 0 Å². The van der Waals surface area contributed by atoms with Crippen molar-refractivity contribution < 1.29 is 0 Å². The number of hydrogen-bond donors (Lipinski definition) is 0. The lowest BCUT2D eigenvalue weighted by molar-refractivity contribution is 0.459. The highest BCUT2D eigenvalue weighted by Gasteiger charge is 2.15. The molecule has 0 saturated carbocycles. The summed E-state index contributed by atoms with van der Waals surface area (Å²) in [7, 11) is 0. The van der Waals surface area contributed by atoms with Gasteiger partial charge in [0.2, 0.25) is 0 Å². The van der Waals surface area contributed by atoms with Crippen LogP contribution < -0.4 is 5.56 Å². The van der Waals surface area contributed by atoms with Gasteiger partial charge in [-0.2, -0.15) is 0 Å². The van der Waals surface area contributed by atoms with Gasteiger partial charge in [0.25, 0.3) is 5.56 Å². The lowest BCUT2D eigenvalue weighted by Crippen LogP contribution is -2.26. The molecule has 0 N–H and O–H groups in total. The van der Waals surface area contributed by atoms with E-state index in [2.05, 4.69) is 13.0 Å². The summed E-state index contributed by atoms with van der Waals surface area (Å²) in [4.78, 5) is 11.4. The van der Waals surface area contributed by atoms with Crippen LogP contribution in [0.3, 0.4) is 0 Å². The molecule has 64 valence electrons. The molecule has 0 radical (unpaired) electrons. The Bertz CT molecular complexity index is 340. The summed E-state index contributed by atoms with van der Waals surface area (Å²) < 4.78 is 1.90. The van der Waals surface area contributed by atoms with Crippen LogP contribution in [0.4, 0.5) is 0 Å². The van der Waals surface area contributed by atoms with E-state index in [0.29, 0.717) is 5.92 Å². The van der Waals surface area contributed by atoms with Gasteiger partial charge in [-0.3, -0.25) is 4.79 Å². The second-order valence-corrected chi connectivity index (χ2v) is 3.48. The average molecular weight is 163 g/mol. The first kappa shape index (κ1) is 7.59. The van der Waals surface area contributed by atoms with Gasteiger partial charge < -0.3 is 4.57 Å². The monoisotopic (exact) mass is 163 g/mol. The molecule has 2 rings (SSSR count). The van der Waals surface area contributed by atoms with Crippen molar-refractivity contribution >= 4 is 0 Å². The first-order valence-corrected chi connectivity index (χ1v) is 4.49. The molecule has 2 nitrogen and oxygen atoms in total. The van der Waals surface area contributed by atoms with Gasteiger partial charge in [0.05, 0.1) is 0 Å². The number of pyridine rings is 1. The summed E-state index contributed by atoms with van der Waals surface area (Å²) in [6, 6.07) is 5.56. The molecule has 0 saturated heterocycles. The summed E-state index contributed by atoms with van der Waals surface area (Å²) >= 11 is 0. The van der Waals surface area contributed by atoms with Crippen LogP contribution in [0.15, 0.2) is 23.0 Å². The Morgan fingerprint density at radius 3 is 3.08 bits per heavy atom. The summed E-state index contributed by atoms with van der Waals surface area (Å²) in [6.45, 7) is 3.09. The molecule has 12 heavy (non-hydrogen) atoms. The van der Waals surface area contributed by atoms with Crippen molar-refractivity contribution in [2.45, 2.75) is 32.2 Å². The molecule has 0 aliphatic carbocycles. The number of aromatic nitrogens is 1. The predicted molar refractivity (Wildman–Crippen MR) is 48.4 cm³/mol. The number of nitrogens with zero attached hydrogens (tertiary/aromatic N) is 1. The predicted octanol–water partition coefficient (Wildman–Crippen LogP) is 1.75. The Hall–Kier alpha value is -1.05. The molecule has 2 heterocycles. The number of fused-ring (bicyclic) bond motifs is 1. The van der Waals surface area contributed by atoms with Gasteiger partial charge >= 0.3 is 0 Å². The Morgan fingerprint density at radius 1 is 1.50 bits per heavy atom. The van der Waals surface area contributed by atoms with Crippen LogP contribution in [-0.2, 0) is 6.54 Å². The van der Waals surface area contributed by atoms with Gasteiger partial charge in [-0.15, -0.1) is 0 Å². The highest BCUT2D eigenvalue weighted by molar-refractivity contribution is 5.12. The standard InChI is InChI=1S/C10H13NO/c1-8-4-3-7-11-9(8)5-2-6-10(11)12/h2,5-6,8H,3-4,7H2,1H3. The maximum absolute atomic E-state index is 11.4. The molecule has 1 unspecified atom stereocenters. The Kier molecular flexibility index (Phi) is 1.75. The average Bonchev–Trinajstić information content (AvgIpc) is 2.07. The van der Waals surface area contributed by atoms with Crippen molar-refractivity contribution in [3.63, 3.8) is 0 Å². The van der Waals surface area contributed by atoms with Gasteiger partial charge in [-0.05, 0) is 24.8 Å². The van der Waals surface area contributed by atoms with E-state index in [1.807, 2.05) is 10.6 Å². The quantitative estimate of drug-likeness (QED) is 0.571. The van der Waals surface area contributed by atoms with E-state index in [1.165, 1.54) is 12.1 Å². The second-order valence-electron chi connectivity index (χ2n) is 3.48. The van der Waals surface area contributed by atoms with E-state index in [0.717, 1.165) is 13.0 Å². The molecule has 0 amide bonds. The molecule has 0 bridgehead atoms. The van der Waals surface area contributed by atoms with E-state index >= 15 is 0 Å².